The monoisotopic (exact) mass is 390 g/mol. The average Bonchev–Trinajstić information content (AvgIpc) is 2.57. The van der Waals surface area contributed by atoms with Crippen LogP contribution in [0.4, 0.5) is 8.78 Å². The molecule has 22 heavy (non-hydrogen) atoms. The Hall–Kier alpha value is -0.365. The van der Waals surface area contributed by atoms with Crippen LogP contribution in [0, 0.1) is 11.6 Å². The van der Waals surface area contributed by atoms with E-state index in [-0.39, 0.29) is 5.56 Å². The Balaban J connectivity index is 2.38. The van der Waals surface area contributed by atoms with Crippen LogP contribution in [0.25, 0.3) is 6.08 Å². The summed E-state index contributed by atoms with van der Waals surface area (Å²) in [5, 5.41) is 0. The van der Waals surface area contributed by atoms with E-state index in [1.54, 1.807) is 6.08 Å². The lowest BCUT2D eigenvalue weighted by atomic mass is 9.78. The van der Waals surface area contributed by atoms with Crippen molar-refractivity contribution >= 4 is 41.8 Å². The quantitative estimate of drug-likeness (QED) is 0.597. The summed E-state index contributed by atoms with van der Waals surface area (Å²) in [7, 11) is -0.612. The first-order valence-corrected chi connectivity index (χ1v) is 8.31. The second kappa shape index (κ2) is 6.26. The highest BCUT2D eigenvalue weighted by atomic mass is 79.9. The fraction of sp³-hybridized carbons (Fsp3) is 0.467. The minimum atomic E-state index is -0.650. The molecule has 0 aromatic heterocycles. The zero-order chi connectivity index (χ0) is 16.7. The van der Waals surface area contributed by atoms with Crippen LogP contribution in [0.3, 0.4) is 0 Å². The lowest BCUT2D eigenvalue weighted by Crippen LogP contribution is -2.41. The predicted octanol–water partition coefficient (Wildman–Crippen LogP) is 4.67. The molecule has 1 aliphatic rings. The molecule has 1 saturated heterocycles. The van der Waals surface area contributed by atoms with Crippen molar-refractivity contribution in [2.45, 2.75) is 38.9 Å². The topological polar surface area (TPSA) is 18.5 Å². The van der Waals surface area contributed by atoms with Gasteiger partial charge in [-0.3, -0.25) is 0 Å². The van der Waals surface area contributed by atoms with Gasteiger partial charge in [-0.2, -0.15) is 12.6 Å². The van der Waals surface area contributed by atoms with E-state index in [0.29, 0.717) is 15.7 Å². The Morgan fingerprint density at radius 2 is 1.77 bits per heavy atom. The standard InChI is InChI=1S/C15H18BBrF2O2S/c1-14(2)15(3,4)21-16(20-14)9(8-22)5-11-12(17)6-10(18)7-13(11)19/h5-7,22H,8H2,1-4H3. The van der Waals surface area contributed by atoms with E-state index in [2.05, 4.69) is 28.6 Å². The van der Waals surface area contributed by atoms with E-state index in [1.165, 1.54) is 6.07 Å². The first-order chi connectivity index (χ1) is 10.1. The number of halogens is 3. The molecule has 0 spiro atoms. The van der Waals surface area contributed by atoms with Gasteiger partial charge in [-0.05, 0) is 55.2 Å². The van der Waals surface area contributed by atoms with Crippen LogP contribution in [0.1, 0.15) is 33.3 Å². The van der Waals surface area contributed by atoms with Gasteiger partial charge in [0, 0.05) is 21.9 Å². The van der Waals surface area contributed by atoms with E-state index >= 15 is 0 Å². The number of rotatable bonds is 3. The van der Waals surface area contributed by atoms with Gasteiger partial charge < -0.3 is 9.31 Å². The number of benzene rings is 1. The van der Waals surface area contributed by atoms with Crippen molar-refractivity contribution in [3.63, 3.8) is 0 Å². The van der Waals surface area contributed by atoms with Gasteiger partial charge in [-0.1, -0.05) is 6.08 Å². The van der Waals surface area contributed by atoms with Gasteiger partial charge in [0.2, 0.25) is 0 Å². The average molecular weight is 391 g/mol. The van der Waals surface area contributed by atoms with Gasteiger partial charge in [-0.15, -0.1) is 0 Å². The third-order valence-corrected chi connectivity index (χ3v) is 5.13. The summed E-state index contributed by atoms with van der Waals surface area (Å²) >= 11 is 7.46. The summed E-state index contributed by atoms with van der Waals surface area (Å²) in [6.45, 7) is 7.77. The molecule has 0 aliphatic carbocycles. The Kier molecular flexibility index (Phi) is 5.12. The van der Waals surface area contributed by atoms with Gasteiger partial charge in [-0.25, -0.2) is 8.78 Å². The minimum absolute atomic E-state index is 0.250. The zero-order valence-corrected chi connectivity index (χ0v) is 15.4. The van der Waals surface area contributed by atoms with Crippen LogP contribution in [-0.4, -0.2) is 24.1 Å². The highest BCUT2D eigenvalue weighted by molar-refractivity contribution is 9.10. The van der Waals surface area contributed by atoms with Crippen LogP contribution in [0.2, 0.25) is 0 Å². The van der Waals surface area contributed by atoms with E-state index in [4.69, 9.17) is 9.31 Å². The molecular formula is C15H18BBrF2O2S. The largest absolute Gasteiger partial charge is 0.491 e. The summed E-state index contributed by atoms with van der Waals surface area (Å²) in [6.07, 6.45) is 1.59. The summed E-state index contributed by atoms with van der Waals surface area (Å²) in [5.74, 6) is -0.952. The van der Waals surface area contributed by atoms with Crippen molar-refractivity contribution in [3.05, 3.63) is 39.3 Å². The van der Waals surface area contributed by atoms with Gasteiger partial charge in [0.1, 0.15) is 11.6 Å². The highest BCUT2D eigenvalue weighted by Crippen LogP contribution is 2.39. The van der Waals surface area contributed by atoms with Gasteiger partial charge in [0.15, 0.2) is 0 Å². The molecule has 0 saturated carbocycles. The Morgan fingerprint density at radius 3 is 2.23 bits per heavy atom. The summed E-state index contributed by atoms with van der Waals surface area (Å²) in [6, 6.07) is 2.06. The second-order valence-corrected chi connectivity index (χ2v) is 7.42. The summed E-state index contributed by atoms with van der Waals surface area (Å²) < 4.78 is 39.4. The molecule has 0 N–H and O–H groups in total. The summed E-state index contributed by atoms with van der Waals surface area (Å²) in [5.41, 5.74) is -0.0512. The molecule has 1 aliphatic heterocycles. The third kappa shape index (κ3) is 3.42. The van der Waals surface area contributed by atoms with Crippen LogP contribution in [-0.2, 0) is 9.31 Å². The zero-order valence-electron chi connectivity index (χ0n) is 12.9. The number of hydrogen-bond acceptors (Lipinski definition) is 3. The molecule has 1 fully saturated rings. The Labute approximate surface area is 143 Å². The molecule has 120 valence electrons. The van der Waals surface area contributed by atoms with Crippen LogP contribution < -0.4 is 0 Å². The molecule has 0 bridgehead atoms. The first-order valence-electron chi connectivity index (χ1n) is 6.89. The molecule has 1 heterocycles. The maximum absolute atomic E-state index is 14.0. The fourth-order valence-electron chi connectivity index (χ4n) is 2.06. The van der Waals surface area contributed by atoms with Gasteiger partial charge in [0.05, 0.1) is 11.2 Å². The van der Waals surface area contributed by atoms with Crippen molar-refractivity contribution in [1.29, 1.82) is 0 Å². The molecule has 1 aromatic rings. The van der Waals surface area contributed by atoms with Crippen molar-refractivity contribution in [2.75, 3.05) is 5.75 Å². The molecule has 1 aromatic carbocycles. The first kappa shape index (κ1) is 18.0. The van der Waals surface area contributed by atoms with Gasteiger partial charge >= 0.3 is 7.12 Å². The molecule has 0 atom stereocenters. The van der Waals surface area contributed by atoms with Crippen LogP contribution >= 0.6 is 28.6 Å². The van der Waals surface area contributed by atoms with Crippen LogP contribution in [0.15, 0.2) is 22.1 Å². The maximum Gasteiger partial charge on any atom is 0.491 e. The number of hydrogen-bond donors (Lipinski definition) is 1. The van der Waals surface area contributed by atoms with E-state index in [1.807, 2.05) is 27.7 Å². The maximum atomic E-state index is 14.0. The van der Waals surface area contributed by atoms with Crippen molar-refractivity contribution < 1.29 is 18.1 Å². The Morgan fingerprint density at radius 1 is 1.23 bits per heavy atom. The van der Waals surface area contributed by atoms with Crippen LogP contribution in [0.5, 0.6) is 0 Å². The molecule has 0 amide bonds. The lowest BCUT2D eigenvalue weighted by Gasteiger charge is -2.32. The van der Waals surface area contributed by atoms with E-state index in [0.717, 1.165) is 6.07 Å². The smallest absolute Gasteiger partial charge is 0.400 e. The second-order valence-electron chi connectivity index (χ2n) is 6.25. The minimum Gasteiger partial charge on any atom is -0.400 e. The molecular weight excluding hydrogens is 373 g/mol. The van der Waals surface area contributed by atoms with Crippen molar-refractivity contribution in [2.24, 2.45) is 0 Å². The molecule has 2 rings (SSSR count). The summed E-state index contributed by atoms with van der Waals surface area (Å²) in [4.78, 5) is 0. The normalized spacial score (nSPS) is 20.5. The number of thiol groups is 1. The van der Waals surface area contributed by atoms with E-state index in [9.17, 15) is 8.78 Å². The SMILES string of the molecule is CC1(C)OB(C(=Cc2c(F)cc(F)cc2Br)CS)OC1(C)C. The van der Waals surface area contributed by atoms with Crippen molar-refractivity contribution in [3.8, 4) is 0 Å². The van der Waals surface area contributed by atoms with Gasteiger partial charge in [0.25, 0.3) is 0 Å². The highest BCUT2D eigenvalue weighted by Gasteiger charge is 2.52. The Bertz CT molecular complexity index is 581. The molecule has 0 unspecified atom stereocenters. The van der Waals surface area contributed by atoms with Crippen molar-refractivity contribution in [1.82, 2.24) is 0 Å². The predicted molar refractivity (Wildman–Crippen MR) is 92.0 cm³/mol. The third-order valence-electron chi connectivity index (χ3n) is 4.11. The fourth-order valence-corrected chi connectivity index (χ4v) is 2.82. The van der Waals surface area contributed by atoms with E-state index < -0.39 is 30.0 Å². The molecule has 2 nitrogen and oxygen atoms in total. The lowest BCUT2D eigenvalue weighted by molar-refractivity contribution is 0.00578. The molecule has 0 radical (unpaired) electrons. The molecule has 7 heteroatoms.